The number of nitrogens with zero attached hydrogens (tertiary/aromatic N) is 1. The van der Waals surface area contributed by atoms with Crippen LogP contribution in [-0.2, 0) is 6.54 Å². The fourth-order valence-electron chi connectivity index (χ4n) is 2.12. The average Bonchev–Trinajstić information content (AvgIpc) is 2.88. The standard InChI is InChI=1S/C15H13BrN4O/c16-10-3-1-2-9(6-10)8-18-15(21)14-12-7-11(17)4-5-13(12)19-20-14/h1-7H,8,17H2,(H,18,21)(H,19,20). The Morgan fingerprint density at radius 1 is 1.29 bits per heavy atom. The lowest BCUT2D eigenvalue weighted by atomic mass is 10.1. The molecule has 1 heterocycles. The molecule has 0 aliphatic heterocycles. The second-order valence-electron chi connectivity index (χ2n) is 4.69. The van der Waals surface area contributed by atoms with Crippen LogP contribution < -0.4 is 11.1 Å². The molecule has 3 rings (SSSR count). The Hall–Kier alpha value is -2.34. The van der Waals surface area contributed by atoms with Crippen LogP contribution in [0.25, 0.3) is 10.9 Å². The lowest BCUT2D eigenvalue weighted by Crippen LogP contribution is -2.23. The predicted molar refractivity (Wildman–Crippen MR) is 85.8 cm³/mol. The van der Waals surface area contributed by atoms with E-state index >= 15 is 0 Å². The minimum Gasteiger partial charge on any atom is -0.399 e. The summed E-state index contributed by atoms with van der Waals surface area (Å²) in [6, 6.07) is 13.1. The number of fused-ring (bicyclic) bond motifs is 1. The summed E-state index contributed by atoms with van der Waals surface area (Å²) in [5, 5.41) is 10.5. The number of nitrogen functional groups attached to an aromatic ring is 1. The predicted octanol–water partition coefficient (Wildman–Crippen LogP) is 2.84. The van der Waals surface area contributed by atoms with E-state index in [1.54, 1.807) is 12.1 Å². The fraction of sp³-hybridized carbons (Fsp3) is 0.0667. The van der Waals surface area contributed by atoms with Gasteiger partial charge in [-0.15, -0.1) is 0 Å². The molecule has 3 aromatic rings. The molecule has 4 N–H and O–H groups in total. The first-order valence-electron chi connectivity index (χ1n) is 6.40. The Bertz CT molecular complexity index is 812. The van der Waals surface area contributed by atoms with E-state index in [0.29, 0.717) is 17.9 Å². The number of carbonyl (C=O) groups excluding carboxylic acids is 1. The van der Waals surface area contributed by atoms with Crippen molar-refractivity contribution in [3.63, 3.8) is 0 Å². The van der Waals surface area contributed by atoms with E-state index in [1.807, 2.05) is 30.3 Å². The Kier molecular flexibility index (Phi) is 3.62. The molecule has 0 aliphatic carbocycles. The molecule has 0 aliphatic rings. The molecule has 0 fully saturated rings. The summed E-state index contributed by atoms with van der Waals surface area (Å²) in [6.45, 7) is 0.439. The molecule has 0 unspecified atom stereocenters. The van der Waals surface area contributed by atoms with Crippen LogP contribution in [0.3, 0.4) is 0 Å². The summed E-state index contributed by atoms with van der Waals surface area (Å²) >= 11 is 3.40. The van der Waals surface area contributed by atoms with Crippen LogP contribution >= 0.6 is 15.9 Å². The lowest BCUT2D eigenvalue weighted by molar-refractivity contribution is 0.0947. The average molecular weight is 345 g/mol. The first-order valence-corrected chi connectivity index (χ1v) is 7.19. The van der Waals surface area contributed by atoms with Crippen molar-refractivity contribution < 1.29 is 4.79 Å². The third-order valence-corrected chi connectivity index (χ3v) is 3.64. The number of anilines is 1. The molecule has 5 nitrogen and oxygen atoms in total. The van der Waals surface area contributed by atoms with Crippen molar-refractivity contribution >= 4 is 38.4 Å². The number of H-pyrrole nitrogens is 1. The molecule has 0 atom stereocenters. The second-order valence-corrected chi connectivity index (χ2v) is 5.61. The topological polar surface area (TPSA) is 83.8 Å². The van der Waals surface area contributed by atoms with Gasteiger partial charge in [-0.3, -0.25) is 9.89 Å². The number of hydrogen-bond acceptors (Lipinski definition) is 3. The number of rotatable bonds is 3. The van der Waals surface area contributed by atoms with Gasteiger partial charge in [-0.05, 0) is 35.9 Å². The van der Waals surface area contributed by atoms with Gasteiger partial charge in [0.25, 0.3) is 5.91 Å². The second kappa shape index (κ2) is 5.57. The van der Waals surface area contributed by atoms with Crippen molar-refractivity contribution in [3.8, 4) is 0 Å². The number of hydrogen-bond donors (Lipinski definition) is 3. The highest BCUT2D eigenvalue weighted by atomic mass is 79.9. The minimum absolute atomic E-state index is 0.230. The van der Waals surface area contributed by atoms with E-state index in [2.05, 4.69) is 31.4 Å². The van der Waals surface area contributed by atoms with Gasteiger partial charge >= 0.3 is 0 Å². The van der Waals surface area contributed by atoms with Crippen molar-refractivity contribution in [2.75, 3.05) is 5.73 Å². The first-order chi connectivity index (χ1) is 10.1. The molecule has 0 saturated heterocycles. The van der Waals surface area contributed by atoms with Crippen LogP contribution in [0.4, 0.5) is 5.69 Å². The zero-order valence-electron chi connectivity index (χ0n) is 11.1. The van der Waals surface area contributed by atoms with Crippen LogP contribution in [0.1, 0.15) is 16.1 Å². The van der Waals surface area contributed by atoms with Gasteiger partial charge in [0.05, 0.1) is 5.52 Å². The van der Waals surface area contributed by atoms with Gasteiger partial charge in [-0.25, -0.2) is 0 Å². The van der Waals surface area contributed by atoms with Crippen LogP contribution in [-0.4, -0.2) is 16.1 Å². The van der Waals surface area contributed by atoms with E-state index in [1.165, 1.54) is 0 Å². The Morgan fingerprint density at radius 3 is 2.95 bits per heavy atom. The number of halogens is 1. The number of aromatic nitrogens is 2. The summed E-state index contributed by atoms with van der Waals surface area (Å²) in [4.78, 5) is 12.2. The summed E-state index contributed by atoms with van der Waals surface area (Å²) in [7, 11) is 0. The van der Waals surface area contributed by atoms with E-state index in [4.69, 9.17) is 5.73 Å². The maximum Gasteiger partial charge on any atom is 0.272 e. The number of carbonyl (C=O) groups is 1. The van der Waals surface area contributed by atoms with E-state index in [0.717, 1.165) is 20.9 Å². The molecule has 0 radical (unpaired) electrons. The van der Waals surface area contributed by atoms with Gasteiger partial charge < -0.3 is 11.1 Å². The largest absolute Gasteiger partial charge is 0.399 e. The first kappa shape index (κ1) is 13.6. The van der Waals surface area contributed by atoms with Gasteiger partial charge in [0.1, 0.15) is 0 Å². The van der Waals surface area contributed by atoms with Crippen molar-refractivity contribution in [3.05, 3.63) is 58.2 Å². The van der Waals surface area contributed by atoms with E-state index in [-0.39, 0.29) is 5.91 Å². The normalized spacial score (nSPS) is 10.7. The Balaban J connectivity index is 1.79. The maximum absolute atomic E-state index is 12.2. The quantitative estimate of drug-likeness (QED) is 0.638. The van der Waals surface area contributed by atoms with Crippen molar-refractivity contribution in [2.24, 2.45) is 0 Å². The van der Waals surface area contributed by atoms with Gasteiger partial charge in [-0.1, -0.05) is 28.1 Å². The monoisotopic (exact) mass is 344 g/mol. The highest BCUT2D eigenvalue weighted by molar-refractivity contribution is 9.10. The molecular weight excluding hydrogens is 332 g/mol. The lowest BCUT2D eigenvalue weighted by Gasteiger charge is -2.04. The van der Waals surface area contributed by atoms with Gasteiger partial charge in [-0.2, -0.15) is 5.10 Å². The van der Waals surface area contributed by atoms with E-state index in [9.17, 15) is 4.79 Å². The van der Waals surface area contributed by atoms with Gasteiger partial charge in [0.2, 0.25) is 0 Å². The minimum atomic E-state index is -0.230. The third-order valence-electron chi connectivity index (χ3n) is 3.14. The number of aromatic amines is 1. The number of amides is 1. The maximum atomic E-state index is 12.2. The third kappa shape index (κ3) is 2.90. The summed E-state index contributed by atoms with van der Waals surface area (Å²) in [5.41, 5.74) is 8.51. The molecule has 0 spiro atoms. The molecule has 1 aromatic heterocycles. The van der Waals surface area contributed by atoms with Crippen molar-refractivity contribution in [1.29, 1.82) is 0 Å². The number of nitrogens with two attached hydrogens (primary N) is 1. The zero-order valence-corrected chi connectivity index (χ0v) is 12.6. The molecule has 21 heavy (non-hydrogen) atoms. The van der Waals surface area contributed by atoms with Crippen LogP contribution in [0.5, 0.6) is 0 Å². The van der Waals surface area contributed by atoms with Crippen molar-refractivity contribution in [1.82, 2.24) is 15.5 Å². The molecule has 0 saturated carbocycles. The van der Waals surface area contributed by atoms with Crippen LogP contribution in [0.15, 0.2) is 46.9 Å². The molecule has 1 amide bonds. The van der Waals surface area contributed by atoms with Gasteiger partial charge in [0.15, 0.2) is 5.69 Å². The number of benzene rings is 2. The van der Waals surface area contributed by atoms with Crippen LogP contribution in [0, 0.1) is 0 Å². The zero-order chi connectivity index (χ0) is 14.8. The Morgan fingerprint density at radius 2 is 2.14 bits per heavy atom. The molecule has 106 valence electrons. The Labute approximate surface area is 129 Å². The smallest absolute Gasteiger partial charge is 0.272 e. The highest BCUT2D eigenvalue weighted by Gasteiger charge is 2.13. The fourth-order valence-corrected chi connectivity index (χ4v) is 2.56. The molecule has 0 bridgehead atoms. The van der Waals surface area contributed by atoms with Gasteiger partial charge in [0, 0.05) is 22.1 Å². The summed E-state index contributed by atoms with van der Waals surface area (Å²) in [5.74, 6) is -0.230. The molecule has 6 heteroatoms. The SMILES string of the molecule is Nc1ccc2[nH]nc(C(=O)NCc3cccc(Br)c3)c2c1. The molecular formula is C15H13BrN4O. The molecule has 2 aromatic carbocycles. The summed E-state index contributed by atoms with van der Waals surface area (Å²) < 4.78 is 0.979. The number of nitrogens with one attached hydrogen (secondary N) is 2. The van der Waals surface area contributed by atoms with Crippen molar-refractivity contribution in [2.45, 2.75) is 6.54 Å². The summed E-state index contributed by atoms with van der Waals surface area (Å²) in [6.07, 6.45) is 0. The van der Waals surface area contributed by atoms with E-state index < -0.39 is 0 Å². The highest BCUT2D eigenvalue weighted by Crippen LogP contribution is 2.19. The van der Waals surface area contributed by atoms with Crippen LogP contribution in [0.2, 0.25) is 0 Å².